The Bertz CT molecular complexity index is 975. The van der Waals surface area contributed by atoms with Gasteiger partial charge in [0.2, 0.25) is 5.91 Å². The van der Waals surface area contributed by atoms with Gasteiger partial charge in [-0.05, 0) is 36.4 Å². The lowest BCUT2D eigenvalue weighted by Crippen LogP contribution is -2.25. The van der Waals surface area contributed by atoms with Gasteiger partial charge in [0.1, 0.15) is 4.70 Å². The molecule has 136 valence electrons. The molecule has 1 aromatic carbocycles. The molecule has 0 spiro atoms. The fourth-order valence-electron chi connectivity index (χ4n) is 2.52. The number of benzene rings is 1. The van der Waals surface area contributed by atoms with Crippen LogP contribution in [0.1, 0.15) is 19.4 Å². The smallest absolute Gasteiger partial charge is 0.272 e. The number of hydrogen-bond donors (Lipinski definition) is 1. The fraction of sp³-hybridized carbons (Fsp3) is 0.316. The third kappa shape index (κ3) is 4.34. The number of rotatable bonds is 6. The first kappa shape index (κ1) is 18.7. The SMILES string of the molecule is Cc1ccc(NC(=O)CSc2nc3ccsc3c(=O)n2CC(C)C)cc1. The molecule has 0 saturated heterocycles. The Morgan fingerprint density at radius 2 is 2.00 bits per heavy atom. The summed E-state index contributed by atoms with van der Waals surface area (Å²) in [5, 5.41) is 5.34. The van der Waals surface area contributed by atoms with Crippen molar-refractivity contribution in [2.45, 2.75) is 32.5 Å². The van der Waals surface area contributed by atoms with Crippen LogP contribution in [0, 0.1) is 12.8 Å². The topological polar surface area (TPSA) is 64.0 Å². The van der Waals surface area contributed by atoms with Crippen LogP contribution >= 0.6 is 23.1 Å². The number of amides is 1. The maximum atomic E-state index is 12.7. The zero-order chi connectivity index (χ0) is 18.7. The van der Waals surface area contributed by atoms with Crippen LogP contribution in [-0.4, -0.2) is 21.2 Å². The summed E-state index contributed by atoms with van der Waals surface area (Å²) in [6.07, 6.45) is 0. The molecule has 1 amide bonds. The lowest BCUT2D eigenvalue weighted by molar-refractivity contribution is -0.113. The second-order valence-electron chi connectivity index (χ2n) is 6.54. The van der Waals surface area contributed by atoms with Gasteiger partial charge < -0.3 is 5.32 Å². The van der Waals surface area contributed by atoms with Gasteiger partial charge in [0.15, 0.2) is 5.16 Å². The first-order chi connectivity index (χ1) is 12.4. The minimum absolute atomic E-state index is 0.0276. The molecular weight excluding hydrogens is 366 g/mol. The average Bonchev–Trinajstić information content (AvgIpc) is 3.06. The van der Waals surface area contributed by atoms with Crippen LogP contribution in [0.4, 0.5) is 5.69 Å². The highest BCUT2D eigenvalue weighted by molar-refractivity contribution is 7.99. The lowest BCUT2D eigenvalue weighted by atomic mass is 10.2. The van der Waals surface area contributed by atoms with E-state index in [2.05, 4.69) is 24.1 Å². The molecule has 0 bridgehead atoms. The number of hydrogen-bond acceptors (Lipinski definition) is 5. The number of thiophene rings is 1. The maximum absolute atomic E-state index is 12.7. The first-order valence-corrected chi connectivity index (χ1v) is 10.3. The minimum Gasteiger partial charge on any atom is -0.325 e. The number of aromatic nitrogens is 2. The third-order valence-electron chi connectivity index (χ3n) is 3.75. The van der Waals surface area contributed by atoms with E-state index in [4.69, 9.17) is 0 Å². The van der Waals surface area contributed by atoms with E-state index in [1.807, 2.05) is 42.6 Å². The van der Waals surface area contributed by atoms with E-state index in [0.29, 0.717) is 27.8 Å². The predicted molar refractivity (Wildman–Crippen MR) is 109 cm³/mol. The molecule has 2 aromatic heterocycles. The van der Waals surface area contributed by atoms with Gasteiger partial charge in [-0.2, -0.15) is 0 Å². The molecule has 0 radical (unpaired) electrons. The van der Waals surface area contributed by atoms with Crippen molar-refractivity contribution in [2.24, 2.45) is 5.92 Å². The number of aryl methyl sites for hydroxylation is 1. The van der Waals surface area contributed by atoms with E-state index in [-0.39, 0.29) is 17.2 Å². The van der Waals surface area contributed by atoms with Gasteiger partial charge in [0.25, 0.3) is 5.56 Å². The van der Waals surface area contributed by atoms with Crippen molar-refractivity contribution < 1.29 is 4.79 Å². The maximum Gasteiger partial charge on any atom is 0.272 e. The molecule has 2 heterocycles. The van der Waals surface area contributed by atoms with Crippen LogP contribution in [0.15, 0.2) is 45.7 Å². The number of fused-ring (bicyclic) bond motifs is 1. The van der Waals surface area contributed by atoms with E-state index < -0.39 is 0 Å². The quantitative estimate of drug-likeness (QED) is 0.510. The highest BCUT2D eigenvalue weighted by Gasteiger charge is 2.15. The molecule has 0 fully saturated rings. The average molecular weight is 388 g/mol. The second-order valence-corrected chi connectivity index (χ2v) is 8.40. The highest BCUT2D eigenvalue weighted by Crippen LogP contribution is 2.22. The molecule has 1 N–H and O–H groups in total. The van der Waals surface area contributed by atoms with Gasteiger partial charge in [0.05, 0.1) is 11.3 Å². The second kappa shape index (κ2) is 8.05. The molecule has 0 atom stereocenters. The number of nitrogens with zero attached hydrogens (tertiary/aromatic N) is 2. The van der Waals surface area contributed by atoms with E-state index in [0.717, 1.165) is 11.3 Å². The Kier molecular flexibility index (Phi) is 5.78. The van der Waals surface area contributed by atoms with Gasteiger partial charge in [0, 0.05) is 12.2 Å². The van der Waals surface area contributed by atoms with E-state index in [9.17, 15) is 9.59 Å². The van der Waals surface area contributed by atoms with Crippen molar-refractivity contribution in [3.05, 3.63) is 51.6 Å². The minimum atomic E-state index is -0.116. The van der Waals surface area contributed by atoms with Crippen LogP contribution < -0.4 is 10.9 Å². The summed E-state index contributed by atoms with van der Waals surface area (Å²) in [4.78, 5) is 29.6. The number of carbonyl (C=O) groups is 1. The fourth-order valence-corrected chi connectivity index (χ4v) is 4.11. The highest BCUT2D eigenvalue weighted by atomic mass is 32.2. The first-order valence-electron chi connectivity index (χ1n) is 8.41. The molecule has 3 rings (SSSR count). The van der Waals surface area contributed by atoms with Crippen molar-refractivity contribution in [3.63, 3.8) is 0 Å². The summed E-state index contributed by atoms with van der Waals surface area (Å²) in [6, 6.07) is 9.51. The molecule has 7 heteroatoms. The van der Waals surface area contributed by atoms with Crippen LogP contribution in [0.2, 0.25) is 0 Å². The van der Waals surface area contributed by atoms with Crippen LogP contribution in [0.5, 0.6) is 0 Å². The number of anilines is 1. The summed E-state index contributed by atoms with van der Waals surface area (Å²) < 4.78 is 2.35. The number of thioether (sulfide) groups is 1. The summed E-state index contributed by atoms with van der Waals surface area (Å²) in [5.74, 6) is 0.399. The van der Waals surface area contributed by atoms with Gasteiger partial charge >= 0.3 is 0 Å². The molecule has 26 heavy (non-hydrogen) atoms. The van der Waals surface area contributed by atoms with Crippen molar-refractivity contribution in [2.75, 3.05) is 11.1 Å². The predicted octanol–water partition coefficient (Wildman–Crippen LogP) is 4.15. The molecule has 0 saturated carbocycles. The normalized spacial score (nSPS) is 11.2. The largest absolute Gasteiger partial charge is 0.325 e. The third-order valence-corrected chi connectivity index (χ3v) is 5.61. The van der Waals surface area contributed by atoms with Crippen molar-refractivity contribution in [1.29, 1.82) is 0 Å². The van der Waals surface area contributed by atoms with E-state index in [1.165, 1.54) is 23.1 Å². The van der Waals surface area contributed by atoms with Crippen LogP contribution in [0.25, 0.3) is 10.2 Å². The Labute approximate surface area is 160 Å². The van der Waals surface area contributed by atoms with Crippen LogP contribution in [0.3, 0.4) is 0 Å². The van der Waals surface area contributed by atoms with Crippen LogP contribution in [-0.2, 0) is 11.3 Å². The Morgan fingerprint density at radius 3 is 2.69 bits per heavy atom. The zero-order valence-corrected chi connectivity index (χ0v) is 16.6. The van der Waals surface area contributed by atoms with Crippen molar-refractivity contribution >= 4 is 44.9 Å². The monoisotopic (exact) mass is 387 g/mol. The number of carbonyl (C=O) groups excluding carboxylic acids is 1. The van der Waals surface area contributed by atoms with Gasteiger partial charge in [-0.15, -0.1) is 11.3 Å². The molecule has 0 aliphatic carbocycles. The van der Waals surface area contributed by atoms with E-state index in [1.54, 1.807) is 4.57 Å². The Hall–Kier alpha value is -2.12. The van der Waals surface area contributed by atoms with Gasteiger partial charge in [-0.25, -0.2) is 4.98 Å². The number of nitrogens with one attached hydrogen (secondary N) is 1. The molecule has 0 aliphatic heterocycles. The molecule has 5 nitrogen and oxygen atoms in total. The van der Waals surface area contributed by atoms with Crippen molar-refractivity contribution in [3.8, 4) is 0 Å². The molecule has 3 aromatic rings. The zero-order valence-electron chi connectivity index (χ0n) is 15.0. The summed E-state index contributed by atoms with van der Waals surface area (Å²) >= 11 is 2.70. The standard InChI is InChI=1S/C19H21N3O2S2/c1-12(2)10-22-18(24)17-15(8-9-25-17)21-19(22)26-11-16(23)20-14-6-4-13(3)5-7-14/h4-9,12H,10-11H2,1-3H3,(H,20,23). The van der Waals surface area contributed by atoms with Gasteiger partial charge in [-0.1, -0.05) is 43.3 Å². The summed E-state index contributed by atoms with van der Waals surface area (Å²) in [6.45, 7) is 6.70. The molecule has 0 aliphatic rings. The van der Waals surface area contributed by atoms with Gasteiger partial charge in [-0.3, -0.25) is 14.2 Å². The van der Waals surface area contributed by atoms with Crippen molar-refractivity contribution in [1.82, 2.24) is 9.55 Å². The summed E-state index contributed by atoms with van der Waals surface area (Å²) in [7, 11) is 0. The molecular formula is C19H21N3O2S2. The lowest BCUT2D eigenvalue weighted by Gasteiger charge is -2.13. The Balaban J connectivity index is 1.77. The molecule has 0 unspecified atom stereocenters. The Morgan fingerprint density at radius 1 is 1.27 bits per heavy atom. The summed E-state index contributed by atoms with van der Waals surface area (Å²) in [5.41, 5.74) is 2.58. The van der Waals surface area contributed by atoms with E-state index >= 15 is 0 Å².